The second-order valence-corrected chi connectivity index (χ2v) is 15.8. The topological polar surface area (TPSA) is 111 Å². The number of anilines is 2. The molecular weight excluding hydrogens is 644 g/mol. The average Bonchev–Trinajstić information content (AvgIpc) is 3.77. The normalized spacial score (nSPS) is 21.6. The first-order valence-corrected chi connectivity index (χ1v) is 18.5. The van der Waals surface area contributed by atoms with E-state index in [2.05, 4.69) is 25.8 Å². The van der Waals surface area contributed by atoms with Crippen molar-refractivity contribution in [3.8, 4) is 12.1 Å². The Bertz CT molecular complexity index is 1720. The van der Waals surface area contributed by atoms with E-state index in [-0.39, 0.29) is 12.3 Å². The highest BCUT2D eigenvalue weighted by Gasteiger charge is 2.41. The molecule has 3 aromatic rings. The third-order valence-electron chi connectivity index (χ3n) is 9.89. The molecule has 1 saturated carbocycles. The van der Waals surface area contributed by atoms with E-state index in [1.807, 2.05) is 41.6 Å². The quantitative estimate of drug-likeness (QED) is 0.170. The van der Waals surface area contributed by atoms with Gasteiger partial charge in [-0.05, 0) is 51.3 Å². The molecule has 252 valence electrons. The van der Waals surface area contributed by atoms with Crippen molar-refractivity contribution in [2.75, 3.05) is 68.8 Å². The minimum atomic E-state index is -0.550. The molecule has 0 N–H and O–H groups in total. The Kier molecular flexibility index (Phi) is 9.82. The molecule has 11 nitrogen and oxygen atoms in total. The van der Waals surface area contributed by atoms with E-state index in [4.69, 9.17) is 31.0 Å². The Morgan fingerprint density at radius 2 is 1.96 bits per heavy atom. The van der Waals surface area contributed by atoms with Crippen LogP contribution in [0.5, 0.6) is 6.01 Å². The van der Waals surface area contributed by atoms with E-state index in [0.29, 0.717) is 66.8 Å². The Hall–Kier alpha value is -3.76. The number of fused-ring (bicyclic) bond motifs is 2. The summed E-state index contributed by atoms with van der Waals surface area (Å²) in [6, 6.07) is 8.59. The summed E-state index contributed by atoms with van der Waals surface area (Å²) in [6.07, 6.45) is 13.4. The fourth-order valence-corrected chi connectivity index (χ4v) is 8.48. The molecule has 0 unspecified atom stereocenters. The van der Waals surface area contributed by atoms with Gasteiger partial charge in [-0.25, -0.2) is 0 Å². The standard InChI is InChI=1S/C35H43ClN8O3Si/c36-28-6-3-5-25-21-38-22-30(32(25)28)42-16-10-27-29(23-42)39-34(47-20-19-46-26-8-9-26)40-33(27)43-17-18-44(35(48,24-43)11-12-37)31(45)7-4-15-41-13-1-2-14-41/h3-7,21-22,26H,1-2,8-11,13-20,23-24H2,48H3/b7-4+/t35-/m0/s1. The summed E-state index contributed by atoms with van der Waals surface area (Å²) in [6.45, 7) is 6.79. The predicted octanol–water partition coefficient (Wildman–Crippen LogP) is 3.07. The van der Waals surface area contributed by atoms with Crippen LogP contribution in [0.25, 0.3) is 10.8 Å². The van der Waals surface area contributed by atoms with Gasteiger partial charge in [0.15, 0.2) is 0 Å². The van der Waals surface area contributed by atoms with Crippen LogP contribution >= 0.6 is 11.6 Å². The molecule has 13 heteroatoms. The number of hydrogen-bond acceptors (Lipinski definition) is 10. The summed E-state index contributed by atoms with van der Waals surface area (Å²) in [7, 11) is 0.642. The fraction of sp³-hybridized carbons (Fsp3) is 0.514. The van der Waals surface area contributed by atoms with E-state index in [1.165, 1.54) is 12.8 Å². The molecule has 48 heavy (non-hydrogen) atoms. The highest BCUT2D eigenvalue weighted by molar-refractivity contribution is 6.36. The van der Waals surface area contributed by atoms with Gasteiger partial charge in [-0.15, -0.1) is 0 Å². The number of carbonyl (C=O) groups excluding carboxylic acids is 1. The van der Waals surface area contributed by atoms with Crippen molar-refractivity contribution >= 4 is 50.0 Å². The van der Waals surface area contributed by atoms with Crippen LogP contribution in [0.1, 0.15) is 43.4 Å². The van der Waals surface area contributed by atoms with Gasteiger partial charge in [-0.2, -0.15) is 15.2 Å². The van der Waals surface area contributed by atoms with Crippen molar-refractivity contribution in [3.63, 3.8) is 0 Å². The fourth-order valence-electron chi connectivity index (χ4n) is 7.22. The van der Waals surface area contributed by atoms with Crippen LogP contribution in [0.4, 0.5) is 11.5 Å². The molecule has 1 aromatic carbocycles. The zero-order chi connectivity index (χ0) is 33.1. The monoisotopic (exact) mass is 686 g/mol. The van der Waals surface area contributed by atoms with Crippen LogP contribution in [0.15, 0.2) is 42.7 Å². The molecule has 2 aromatic heterocycles. The highest BCUT2D eigenvalue weighted by atomic mass is 35.5. The third-order valence-corrected chi connectivity index (χ3v) is 11.4. The van der Waals surface area contributed by atoms with Crippen LogP contribution in [-0.2, 0) is 22.5 Å². The van der Waals surface area contributed by atoms with Gasteiger partial charge in [-0.3, -0.25) is 14.7 Å². The average molecular weight is 687 g/mol. The van der Waals surface area contributed by atoms with Gasteiger partial charge < -0.3 is 24.2 Å². The van der Waals surface area contributed by atoms with Gasteiger partial charge in [0, 0.05) is 71.6 Å². The maximum absolute atomic E-state index is 13.5. The van der Waals surface area contributed by atoms with Crippen LogP contribution in [0.3, 0.4) is 0 Å². The molecule has 1 atom stereocenters. The molecule has 0 spiro atoms. The van der Waals surface area contributed by atoms with Crippen LogP contribution in [0.2, 0.25) is 5.02 Å². The second-order valence-electron chi connectivity index (χ2n) is 13.5. The molecule has 1 amide bonds. The van der Waals surface area contributed by atoms with Crippen molar-refractivity contribution in [2.45, 2.75) is 56.3 Å². The number of pyridine rings is 1. The van der Waals surface area contributed by atoms with Gasteiger partial charge in [0.25, 0.3) is 0 Å². The van der Waals surface area contributed by atoms with Gasteiger partial charge in [0.1, 0.15) is 12.4 Å². The number of piperazine rings is 1. The van der Waals surface area contributed by atoms with Crippen LogP contribution in [0, 0.1) is 11.3 Å². The first-order chi connectivity index (χ1) is 23.4. The maximum atomic E-state index is 13.5. The van der Waals surface area contributed by atoms with E-state index in [1.54, 1.807) is 6.08 Å². The number of rotatable bonds is 11. The van der Waals surface area contributed by atoms with E-state index >= 15 is 0 Å². The van der Waals surface area contributed by atoms with Crippen LogP contribution in [-0.4, -0.2) is 111 Å². The summed E-state index contributed by atoms with van der Waals surface area (Å²) in [5.74, 6) is 0.822. The van der Waals surface area contributed by atoms with E-state index in [0.717, 1.165) is 79.0 Å². The highest BCUT2D eigenvalue weighted by Crippen LogP contribution is 2.37. The Morgan fingerprint density at radius 3 is 2.77 bits per heavy atom. The molecule has 7 rings (SSSR count). The minimum Gasteiger partial charge on any atom is -0.461 e. The molecule has 3 fully saturated rings. The van der Waals surface area contributed by atoms with Crippen molar-refractivity contribution in [2.24, 2.45) is 0 Å². The second kappa shape index (κ2) is 14.4. The zero-order valence-electron chi connectivity index (χ0n) is 27.6. The molecule has 1 aliphatic carbocycles. The first kappa shape index (κ1) is 32.8. The molecule has 0 bridgehead atoms. The number of benzene rings is 1. The van der Waals surface area contributed by atoms with Crippen molar-refractivity contribution in [3.05, 3.63) is 59.0 Å². The lowest BCUT2D eigenvalue weighted by Gasteiger charge is -2.49. The molecule has 3 aliphatic heterocycles. The Morgan fingerprint density at radius 1 is 1.10 bits per heavy atom. The number of ether oxygens (including phenoxy) is 2. The molecule has 5 heterocycles. The van der Waals surface area contributed by atoms with Gasteiger partial charge in [-0.1, -0.05) is 29.8 Å². The number of nitriles is 1. The van der Waals surface area contributed by atoms with Crippen LogP contribution < -0.4 is 14.5 Å². The number of aromatic nitrogens is 3. The molecule has 4 aliphatic rings. The number of amides is 1. The van der Waals surface area contributed by atoms with Crippen molar-refractivity contribution in [1.82, 2.24) is 24.8 Å². The lowest BCUT2D eigenvalue weighted by molar-refractivity contribution is -0.129. The Labute approximate surface area is 289 Å². The molecule has 2 saturated heterocycles. The lowest BCUT2D eigenvalue weighted by atomic mass is 10.0. The summed E-state index contributed by atoms with van der Waals surface area (Å²) in [4.78, 5) is 36.8. The number of likely N-dealkylation sites (tertiary alicyclic amines) is 1. The molecular formula is C35H43ClN8O3Si. The third kappa shape index (κ3) is 7.15. The van der Waals surface area contributed by atoms with Gasteiger partial charge in [0.05, 0.1) is 59.5 Å². The Balaban J connectivity index is 1.15. The van der Waals surface area contributed by atoms with E-state index < -0.39 is 5.16 Å². The number of nitrogens with zero attached hydrogens (tertiary/aromatic N) is 8. The van der Waals surface area contributed by atoms with Gasteiger partial charge >= 0.3 is 6.01 Å². The number of hydrogen-bond donors (Lipinski definition) is 0. The maximum Gasteiger partial charge on any atom is 0.318 e. The largest absolute Gasteiger partial charge is 0.461 e. The smallest absolute Gasteiger partial charge is 0.318 e. The van der Waals surface area contributed by atoms with Crippen molar-refractivity contribution in [1.29, 1.82) is 5.26 Å². The SMILES string of the molecule is N#CC[C@]1([SiH3])CN(c2nc(OCCOC3CC3)nc3c2CCN(c2cncc4cccc(Cl)c24)C3)CCN1C(=O)/C=C/CN1CCCC1. The van der Waals surface area contributed by atoms with E-state index in [9.17, 15) is 10.1 Å². The summed E-state index contributed by atoms with van der Waals surface area (Å²) < 4.78 is 11.9. The van der Waals surface area contributed by atoms with Crippen molar-refractivity contribution < 1.29 is 14.3 Å². The number of carbonyl (C=O) groups is 1. The summed E-state index contributed by atoms with van der Waals surface area (Å²) in [5, 5.41) is 12.0. The van der Waals surface area contributed by atoms with Gasteiger partial charge in [0.2, 0.25) is 5.91 Å². The molecule has 0 radical (unpaired) electrons. The summed E-state index contributed by atoms with van der Waals surface area (Å²) >= 11 is 6.70. The lowest BCUT2D eigenvalue weighted by Crippen LogP contribution is -2.64. The summed E-state index contributed by atoms with van der Waals surface area (Å²) in [5.41, 5.74) is 2.95. The minimum absolute atomic E-state index is 0.0125. The first-order valence-electron chi connectivity index (χ1n) is 17.2. The number of halogens is 1. The zero-order valence-corrected chi connectivity index (χ0v) is 30.4. The predicted molar refractivity (Wildman–Crippen MR) is 190 cm³/mol.